The van der Waals surface area contributed by atoms with E-state index in [0.717, 1.165) is 43.5 Å². The highest BCUT2D eigenvalue weighted by atomic mass is 32.2. The van der Waals surface area contributed by atoms with Gasteiger partial charge in [0.1, 0.15) is 0 Å². The third kappa shape index (κ3) is 4.55. The van der Waals surface area contributed by atoms with Crippen LogP contribution < -0.4 is 10.2 Å². The zero-order chi connectivity index (χ0) is 23.2. The Balaban J connectivity index is 1.21. The molecule has 0 unspecified atom stereocenters. The second kappa shape index (κ2) is 9.00. The quantitative estimate of drug-likeness (QED) is 0.680. The zero-order valence-electron chi connectivity index (χ0n) is 19.2. The zero-order valence-corrected chi connectivity index (χ0v) is 20.0. The molecular formula is C24H33N3O5S. The van der Waals surface area contributed by atoms with Crippen molar-refractivity contribution in [3.05, 3.63) is 23.8 Å². The van der Waals surface area contributed by atoms with Gasteiger partial charge in [-0.15, -0.1) is 0 Å². The number of carbonyl (C=O) groups is 2. The van der Waals surface area contributed by atoms with Crippen LogP contribution in [-0.4, -0.2) is 62.9 Å². The van der Waals surface area contributed by atoms with Crippen molar-refractivity contribution in [2.24, 2.45) is 11.8 Å². The molecule has 3 heterocycles. The van der Waals surface area contributed by atoms with Gasteiger partial charge in [-0.05, 0) is 75.6 Å². The Hall–Kier alpha value is -1.97. The first kappa shape index (κ1) is 22.8. The molecule has 9 heteroatoms. The molecule has 180 valence electrons. The fourth-order valence-corrected chi connectivity index (χ4v) is 6.82. The minimum Gasteiger partial charge on any atom is -0.376 e. The molecule has 3 fully saturated rings. The molecule has 2 amide bonds. The minimum atomic E-state index is -3.64. The lowest BCUT2D eigenvalue weighted by Crippen LogP contribution is -2.44. The van der Waals surface area contributed by atoms with E-state index in [9.17, 15) is 18.0 Å². The molecule has 5 rings (SSSR count). The number of sulfonamides is 1. The van der Waals surface area contributed by atoms with E-state index in [1.807, 2.05) is 11.8 Å². The Morgan fingerprint density at radius 1 is 1.09 bits per heavy atom. The number of hydrogen-bond donors (Lipinski definition) is 1. The lowest BCUT2D eigenvalue weighted by Gasteiger charge is -2.31. The Labute approximate surface area is 195 Å². The summed E-state index contributed by atoms with van der Waals surface area (Å²) in [5.74, 6) is 0.123. The Morgan fingerprint density at radius 3 is 2.52 bits per heavy atom. The van der Waals surface area contributed by atoms with Gasteiger partial charge < -0.3 is 15.0 Å². The van der Waals surface area contributed by atoms with Crippen molar-refractivity contribution in [1.29, 1.82) is 0 Å². The molecule has 0 radical (unpaired) electrons. The summed E-state index contributed by atoms with van der Waals surface area (Å²) in [7, 11) is -3.64. The Kier molecular flexibility index (Phi) is 6.22. The van der Waals surface area contributed by atoms with Gasteiger partial charge in [0.05, 0.1) is 11.0 Å². The van der Waals surface area contributed by atoms with Crippen molar-refractivity contribution < 1.29 is 22.7 Å². The van der Waals surface area contributed by atoms with Gasteiger partial charge >= 0.3 is 0 Å². The smallest absolute Gasteiger partial charge is 0.243 e. The van der Waals surface area contributed by atoms with Crippen LogP contribution in [0.25, 0.3) is 0 Å². The number of anilines is 1. The molecule has 1 aliphatic carbocycles. The number of nitrogens with zero attached hydrogens (tertiary/aromatic N) is 2. The summed E-state index contributed by atoms with van der Waals surface area (Å²) in [5, 5.41) is 2.97. The van der Waals surface area contributed by atoms with E-state index in [2.05, 4.69) is 5.32 Å². The fourth-order valence-electron chi connectivity index (χ4n) is 5.30. The first-order valence-corrected chi connectivity index (χ1v) is 13.6. The number of fused-ring (bicyclic) bond motifs is 1. The Morgan fingerprint density at radius 2 is 1.85 bits per heavy atom. The number of rotatable bonds is 6. The van der Waals surface area contributed by atoms with Crippen LogP contribution in [-0.2, 0) is 30.8 Å². The standard InChI is InChI=1S/C24H33N3O5S/c1-16-13-19-14-21(6-7-22(19)27(16)24(29)18-4-5-18)33(30,31)26-10-8-17(9-11-26)23(28)25-15-20-3-2-12-32-20/h6-7,14,16-18,20H,2-5,8-13,15H2,1H3,(H,25,28)/t16-,20+/m1/s1. The molecule has 0 bridgehead atoms. The van der Waals surface area contributed by atoms with Crippen LogP contribution in [0, 0.1) is 11.8 Å². The van der Waals surface area contributed by atoms with Crippen LogP contribution in [0.4, 0.5) is 5.69 Å². The molecule has 1 saturated carbocycles. The van der Waals surface area contributed by atoms with Crippen molar-refractivity contribution in [3.63, 3.8) is 0 Å². The maximum atomic E-state index is 13.3. The predicted molar refractivity (Wildman–Crippen MR) is 123 cm³/mol. The molecule has 33 heavy (non-hydrogen) atoms. The van der Waals surface area contributed by atoms with E-state index in [4.69, 9.17) is 4.74 Å². The summed E-state index contributed by atoms with van der Waals surface area (Å²) in [6.45, 7) is 3.97. The van der Waals surface area contributed by atoms with Crippen LogP contribution in [0.2, 0.25) is 0 Å². The van der Waals surface area contributed by atoms with Gasteiger partial charge in [-0.3, -0.25) is 9.59 Å². The van der Waals surface area contributed by atoms with E-state index in [0.29, 0.717) is 38.9 Å². The monoisotopic (exact) mass is 475 g/mol. The second-order valence-corrected chi connectivity index (χ2v) is 11.8. The van der Waals surface area contributed by atoms with Crippen molar-refractivity contribution in [2.45, 2.75) is 68.9 Å². The Bertz CT molecular complexity index is 1020. The van der Waals surface area contributed by atoms with E-state index < -0.39 is 10.0 Å². The van der Waals surface area contributed by atoms with Gasteiger partial charge in [-0.1, -0.05) is 0 Å². The van der Waals surface area contributed by atoms with E-state index in [1.54, 1.807) is 18.2 Å². The summed E-state index contributed by atoms with van der Waals surface area (Å²) in [4.78, 5) is 27.3. The minimum absolute atomic E-state index is 0.00510. The van der Waals surface area contributed by atoms with E-state index >= 15 is 0 Å². The lowest BCUT2D eigenvalue weighted by molar-refractivity contribution is -0.126. The highest BCUT2D eigenvalue weighted by molar-refractivity contribution is 7.89. The molecule has 2 saturated heterocycles. The summed E-state index contributed by atoms with van der Waals surface area (Å²) >= 11 is 0. The molecule has 0 spiro atoms. The third-order valence-electron chi connectivity index (χ3n) is 7.42. The SMILES string of the molecule is C[C@@H]1Cc2cc(S(=O)(=O)N3CCC(C(=O)NC[C@@H]4CCCO4)CC3)ccc2N1C(=O)C1CC1. The van der Waals surface area contributed by atoms with Crippen LogP contribution in [0.15, 0.2) is 23.1 Å². The lowest BCUT2D eigenvalue weighted by atomic mass is 9.97. The van der Waals surface area contributed by atoms with Gasteiger partial charge in [0.15, 0.2) is 0 Å². The number of piperidine rings is 1. The fraction of sp³-hybridized carbons (Fsp3) is 0.667. The van der Waals surface area contributed by atoms with Crippen LogP contribution in [0.5, 0.6) is 0 Å². The molecule has 1 N–H and O–H groups in total. The average Bonchev–Trinajstić information content (AvgIpc) is 3.43. The molecule has 4 aliphatic rings. The van der Waals surface area contributed by atoms with Crippen molar-refractivity contribution in [2.75, 3.05) is 31.1 Å². The number of amides is 2. The average molecular weight is 476 g/mol. The van der Waals surface area contributed by atoms with Crippen LogP contribution >= 0.6 is 0 Å². The summed E-state index contributed by atoms with van der Waals surface area (Å²) < 4.78 is 33.7. The largest absolute Gasteiger partial charge is 0.376 e. The predicted octanol–water partition coefficient (Wildman–Crippen LogP) is 2.07. The normalized spacial score (nSPS) is 26.4. The van der Waals surface area contributed by atoms with Crippen molar-refractivity contribution in [3.8, 4) is 0 Å². The van der Waals surface area contributed by atoms with Crippen LogP contribution in [0.1, 0.15) is 51.0 Å². The van der Waals surface area contributed by atoms with E-state index in [-0.39, 0.29) is 40.7 Å². The summed E-state index contributed by atoms with van der Waals surface area (Å²) in [6.07, 6.45) is 5.72. The summed E-state index contributed by atoms with van der Waals surface area (Å²) in [5.41, 5.74) is 1.76. The first-order chi connectivity index (χ1) is 15.8. The summed E-state index contributed by atoms with van der Waals surface area (Å²) in [6, 6.07) is 5.20. The van der Waals surface area contributed by atoms with Gasteiger partial charge in [-0.25, -0.2) is 8.42 Å². The molecule has 8 nitrogen and oxygen atoms in total. The maximum absolute atomic E-state index is 13.3. The van der Waals surface area contributed by atoms with Gasteiger partial charge in [-0.2, -0.15) is 4.31 Å². The van der Waals surface area contributed by atoms with E-state index in [1.165, 1.54) is 4.31 Å². The molecule has 0 aromatic heterocycles. The molecule has 1 aromatic rings. The number of benzene rings is 1. The molecule has 2 atom stereocenters. The number of ether oxygens (including phenoxy) is 1. The highest BCUT2D eigenvalue weighted by Crippen LogP contribution is 2.40. The maximum Gasteiger partial charge on any atom is 0.243 e. The van der Waals surface area contributed by atoms with Crippen molar-refractivity contribution >= 4 is 27.5 Å². The highest BCUT2D eigenvalue weighted by Gasteiger charge is 2.40. The first-order valence-electron chi connectivity index (χ1n) is 12.2. The second-order valence-electron chi connectivity index (χ2n) is 9.88. The van der Waals surface area contributed by atoms with Gasteiger partial charge in [0, 0.05) is 49.8 Å². The molecule has 1 aromatic carbocycles. The number of carbonyl (C=O) groups excluding carboxylic acids is 2. The number of nitrogens with one attached hydrogen (secondary N) is 1. The third-order valence-corrected chi connectivity index (χ3v) is 9.32. The topological polar surface area (TPSA) is 96.0 Å². The van der Waals surface area contributed by atoms with Gasteiger partial charge in [0.2, 0.25) is 21.8 Å². The van der Waals surface area contributed by atoms with Crippen molar-refractivity contribution in [1.82, 2.24) is 9.62 Å². The molecular weight excluding hydrogens is 442 g/mol. The van der Waals surface area contributed by atoms with Gasteiger partial charge in [0.25, 0.3) is 0 Å². The number of hydrogen-bond acceptors (Lipinski definition) is 5. The molecule has 3 aliphatic heterocycles. The van der Waals surface area contributed by atoms with Crippen LogP contribution in [0.3, 0.4) is 0 Å².